The van der Waals surface area contributed by atoms with E-state index in [2.05, 4.69) is 41.9 Å². The maximum Gasteiger partial charge on any atom is 0.236 e. The van der Waals surface area contributed by atoms with Crippen molar-refractivity contribution in [1.29, 1.82) is 0 Å². The molecule has 0 saturated carbocycles. The van der Waals surface area contributed by atoms with Gasteiger partial charge < -0.3 is 5.32 Å². The molecule has 0 aromatic heterocycles. The van der Waals surface area contributed by atoms with Crippen LogP contribution in [0, 0.1) is 0 Å². The Morgan fingerprint density at radius 1 is 1.33 bits per heavy atom. The van der Waals surface area contributed by atoms with Gasteiger partial charge in [-0.05, 0) is 47.6 Å². The summed E-state index contributed by atoms with van der Waals surface area (Å²) in [5.74, 6) is 0. The molecule has 0 amide bonds. The van der Waals surface area contributed by atoms with Crippen molar-refractivity contribution in [1.82, 2.24) is 5.32 Å². The Morgan fingerprint density at radius 2 is 2.00 bits per heavy atom. The summed E-state index contributed by atoms with van der Waals surface area (Å²) in [5, 5.41) is 2.53. The molecule has 2 N–H and O–H groups in total. The van der Waals surface area contributed by atoms with E-state index in [1.54, 1.807) is 25.1 Å². The van der Waals surface area contributed by atoms with Crippen molar-refractivity contribution in [3.63, 3.8) is 0 Å². The first-order valence-electron chi connectivity index (χ1n) is 5.54. The second-order valence-corrected chi connectivity index (χ2v) is 7.76. The fraction of sp³-hybridized carbons (Fsp3) is 0.455. The number of rotatable bonds is 6. The quantitative estimate of drug-likeness (QED) is 0.772. The summed E-state index contributed by atoms with van der Waals surface area (Å²) in [5.41, 5.74) is 0.543. The molecule has 0 saturated heterocycles. The van der Waals surface area contributed by atoms with E-state index in [-0.39, 0.29) is 0 Å². The predicted molar refractivity (Wildman–Crippen MR) is 82.4 cm³/mol. The van der Waals surface area contributed by atoms with Gasteiger partial charge in [0.1, 0.15) is 0 Å². The van der Waals surface area contributed by atoms with Crippen molar-refractivity contribution in [2.75, 3.05) is 17.8 Å². The number of halogens is 2. The minimum atomic E-state index is -3.38. The number of sulfonamides is 1. The monoisotopic (exact) mass is 398 g/mol. The molecule has 0 spiro atoms. The largest absolute Gasteiger partial charge is 0.316 e. The first-order valence-corrected chi connectivity index (χ1v) is 8.67. The lowest BCUT2D eigenvalue weighted by Crippen LogP contribution is -2.34. The molecular formula is C11H16Br2N2O2S. The van der Waals surface area contributed by atoms with E-state index >= 15 is 0 Å². The standard InChI is InChI=1S/C11H16Br2N2O2S/c1-3-14-7-8(2)18(16,17)15-11-5-4-9(12)6-10(11)13/h4-6,8,14-15H,3,7H2,1-2H3. The van der Waals surface area contributed by atoms with Gasteiger partial charge in [0.25, 0.3) is 0 Å². The fourth-order valence-electron chi connectivity index (χ4n) is 1.28. The highest BCUT2D eigenvalue weighted by Gasteiger charge is 2.20. The Morgan fingerprint density at radius 3 is 2.56 bits per heavy atom. The summed E-state index contributed by atoms with van der Waals surface area (Å²) in [6.07, 6.45) is 0. The van der Waals surface area contributed by atoms with E-state index in [0.717, 1.165) is 11.0 Å². The van der Waals surface area contributed by atoms with Crippen LogP contribution in [0.25, 0.3) is 0 Å². The molecule has 0 heterocycles. The Balaban J connectivity index is 2.82. The highest BCUT2D eigenvalue weighted by molar-refractivity contribution is 9.11. The first kappa shape index (κ1) is 15.9. The molecule has 0 bridgehead atoms. The highest BCUT2D eigenvalue weighted by atomic mass is 79.9. The van der Waals surface area contributed by atoms with Crippen LogP contribution in [0.5, 0.6) is 0 Å². The Kier molecular flexibility index (Phi) is 6.10. The SMILES string of the molecule is CCNCC(C)S(=O)(=O)Nc1ccc(Br)cc1Br. The van der Waals surface area contributed by atoms with Gasteiger partial charge in [-0.2, -0.15) is 0 Å². The molecule has 0 aliphatic carbocycles. The second kappa shape index (κ2) is 6.88. The fourth-order valence-corrected chi connectivity index (χ4v) is 3.58. The number of hydrogen-bond acceptors (Lipinski definition) is 3. The summed E-state index contributed by atoms with van der Waals surface area (Å²) in [6, 6.07) is 5.30. The molecule has 0 fully saturated rings. The van der Waals surface area contributed by atoms with E-state index in [1.165, 1.54) is 0 Å². The van der Waals surface area contributed by atoms with Crippen LogP contribution in [0.3, 0.4) is 0 Å². The normalized spacial score (nSPS) is 13.3. The molecule has 1 aromatic carbocycles. The smallest absolute Gasteiger partial charge is 0.236 e. The lowest BCUT2D eigenvalue weighted by molar-refractivity contribution is 0.579. The molecular weight excluding hydrogens is 384 g/mol. The van der Waals surface area contributed by atoms with Crippen LogP contribution in [0.2, 0.25) is 0 Å². The molecule has 0 radical (unpaired) electrons. The summed E-state index contributed by atoms with van der Waals surface area (Å²) in [4.78, 5) is 0. The predicted octanol–water partition coefficient (Wildman–Crippen LogP) is 2.95. The molecule has 102 valence electrons. The van der Waals surface area contributed by atoms with Crippen molar-refractivity contribution >= 4 is 47.6 Å². The van der Waals surface area contributed by atoms with Crippen molar-refractivity contribution in [3.05, 3.63) is 27.1 Å². The summed E-state index contributed by atoms with van der Waals surface area (Å²) in [7, 11) is -3.38. The van der Waals surface area contributed by atoms with Crippen molar-refractivity contribution in [2.24, 2.45) is 0 Å². The van der Waals surface area contributed by atoms with E-state index in [4.69, 9.17) is 0 Å². The maximum atomic E-state index is 12.1. The van der Waals surface area contributed by atoms with Gasteiger partial charge in [0.15, 0.2) is 0 Å². The van der Waals surface area contributed by atoms with Gasteiger partial charge in [-0.25, -0.2) is 8.42 Å². The zero-order valence-electron chi connectivity index (χ0n) is 10.2. The van der Waals surface area contributed by atoms with Gasteiger partial charge in [0.2, 0.25) is 10.0 Å². The lowest BCUT2D eigenvalue weighted by Gasteiger charge is -2.16. The van der Waals surface area contributed by atoms with Crippen LogP contribution in [0.4, 0.5) is 5.69 Å². The minimum Gasteiger partial charge on any atom is -0.316 e. The van der Waals surface area contributed by atoms with Crippen molar-refractivity contribution in [2.45, 2.75) is 19.1 Å². The van der Waals surface area contributed by atoms with Gasteiger partial charge in [0.05, 0.1) is 10.9 Å². The summed E-state index contributed by atoms with van der Waals surface area (Å²) in [6.45, 7) is 4.80. The van der Waals surface area contributed by atoms with Crippen LogP contribution in [0.15, 0.2) is 27.1 Å². The Bertz CT molecular complexity index is 506. The maximum absolute atomic E-state index is 12.1. The van der Waals surface area contributed by atoms with Gasteiger partial charge >= 0.3 is 0 Å². The highest BCUT2D eigenvalue weighted by Crippen LogP contribution is 2.27. The molecule has 1 atom stereocenters. The Hall–Kier alpha value is -0.110. The molecule has 4 nitrogen and oxygen atoms in total. The first-order chi connectivity index (χ1) is 8.36. The third-order valence-electron chi connectivity index (χ3n) is 2.39. The molecule has 1 unspecified atom stereocenters. The van der Waals surface area contributed by atoms with Crippen molar-refractivity contribution in [3.8, 4) is 0 Å². The third kappa shape index (κ3) is 4.53. The van der Waals surface area contributed by atoms with Crippen LogP contribution in [-0.2, 0) is 10.0 Å². The molecule has 1 aromatic rings. The number of nitrogens with one attached hydrogen (secondary N) is 2. The second-order valence-electron chi connectivity index (χ2n) is 3.89. The average Bonchev–Trinajstić information content (AvgIpc) is 2.29. The zero-order valence-corrected chi connectivity index (χ0v) is 14.2. The molecule has 7 heteroatoms. The number of hydrogen-bond donors (Lipinski definition) is 2. The van der Waals surface area contributed by atoms with Gasteiger partial charge in [-0.3, -0.25) is 4.72 Å². The Labute approximate surface area is 125 Å². The lowest BCUT2D eigenvalue weighted by atomic mass is 10.3. The van der Waals surface area contributed by atoms with Crippen LogP contribution in [-0.4, -0.2) is 26.8 Å². The van der Waals surface area contributed by atoms with Crippen LogP contribution >= 0.6 is 31.9 Å². The van der Waals surface area contributed by atoms with Crippen LogP contribution in [0.1, 0.15) is 13.8 Å². The van der Waals surface area contributed by atoms with Gasteiger partial charge in [-0.1, -0.05) is 22.9 Å². The van der Waals surface area contributed by atoms with Crippen molar-refractivity contribution < 1.29 is 8.42 Å². The third-order valence-corrected chi connectivity index (χ3v) is 5.27. The average molecular weight is 400 g/mol. The molecule has 0 aliphatic heterocycles. The van der Waals surface area contributed by atoms with E-state index < -0.39 is 15.3 Å². The molecule has 0 aliphatic rings. The van der Waals surface area contributed by atoms with E-state index in [1.807, 2.05) is 6.92 Å². The minimum absolute atomic E-state index is 0.431. The van der Waals surface area contributed by atoms with E-state index in [9.17, 15) is 8.42 Å². The summed E-state index contributed by atoms with van der Waals surface area (Å²) >= 11 is 6.65. The van der Waals surface area contributed by atoms with Gasteiger partial charge in [-0.15, -0.1) is 0 Å². The summed E-state index contributed by atoms with van der Waals surface area (Å²) < 4.78 is 28.3. The van der Waals surface area contributed by atoms with Crippen LogP contribution < -0.4 is 10.0 Å². The van der Waals surface area contributed by atoms with E-state index in [0.29, 0.717) is 16.7 Å². The zero-order chi connectivity index (χ0) is 13.8. The number of anilines is 1. The number of benzene rings is 1. The van der Waals surface area contributed by atoms with Gasteiger partial charge in [0, 0.05) is 15.5 Å². The molecule has 18 heavy (non-hydrogen) atoms. The molecule has 1 rings (SSSR count). The topological polar surface area (TPSA) is 58.2 Å².